The molecule has 1 aromatic heterocycles. The van der Waals surface area contributed by atoms with Crippen LogP contribution < -0.4 is 11.1 Å². The molecule has 0 bridgehead atoms. The molecule has 5 nitrogen and oxygen atoms in total. The molecule has 0 aliphatic rings. The molecule has 0 fully saturated rings. The van der Waals surface area contributed by atoms with Gasteiger partial charge in [-0.3, -0.25) is 9.59 Å². The first kappa shape index (κ1) is 12.2. The molecule has 1 unspecified atom stereocenters. The minimum Gasteiger partial charge on any atom is -0.370 e. The zero-order chi connectivity index (χ0) is 13.1. The quantitative estimate of drug-likeness (QED) is 0.754. The number of aromatic amines is 1. The highest BCUT2D eigenvalue weighted by Crippen LogP contribution is 2.17. The van der Waals surface area contributed by atoms with Crippen molar-refractivity contribution in [2.75, 3.05) is 0 Å². The molecule has 2 rings (SSSR count). The zero-order valence-electron chi connectivity index (χ0n) is 10.1. The highest BCUT2D eigenvalue weighted by Gasteiger charge is 2.14. The van der Waals surface area contributed by atoms with E-state index in [1.54, 1.807) is 19.2 Å². The van der Waals surface area contributed by atoms with Gasteiger partial charge in [0.15, 0.2) is 0 Å². The van der Waals surface area contributed by atoms with E-state index in [1.807, 2.05) is 18.2 Å². The number of benzene rings is 1. The summed E-state index contributed by atoms with van der Waals surface area (Å²) < 4.78 is 0. The number of nitrogens with two attached hydrogens (primary N) is 1. The molecule has 1 atom stereocenters. The molecule has 18 heavy (non-hydrogen) atoms. The Morgan fingerprint density at radius 3 is 2.89 bits per heavy atom. The maximum atomic E-state index is 12.1. The Bertz CT molecular complexity index is 589. The fraction of sp³-hybridized carbons (Fsp3) is 0.231. The Morgan fingerprint density at radius 2 is 2.17 bits per heavy atom. The third-order valence-electron chi connectivity index (χ3n) is 2.72. The lowest BCUT2D eigenvalue weighted by Crippen LogP contribution is -2.35. The molecule has 0 saturated heterocycles. The zero-order valence-corrected chi connectivity index (χ0v) is 10.1. The van der Waals surface area contributed by atoms with Crippen LogP contribution in [0.25, 0.3) is 10.9 Å². The fourth-order valence-corrected chi connectivity index (χ4v) is 1.94. The van der Waals surface area contributed by atoms with Gasteiger partial charge in [-0.25, -0.2) is 0 Å². The lowest BCUT2D eigenvalue weighted by molar-refractivity contribution is -0.118. The number of H-pyrrole nitrogens is 1. The van der Waals surface area contributed by atoms with Crippen LogP contribution in [0.15, 0.2) is 30.5 Å². The van der Waals surface area contributed by atoms with Crippen LogP contribution in [0.3, 0.4) is 0 Å². The second-order valence-electron chi connectivity index (χ2n) is 4.29. The summed E-state index contributed by atoms with van der Waals surface area (Å²) in [4.78, 5) is 25.9. The van der Waals surface area contributed by atoms with E-state index in [1.165, 1.54) is 0 Å². The fourth-order valence-electron chi connectivity index (χ4n) is 1.94. The van der Waals surface area contributed by atoms with Gasteiger partial charge in [0.1, 0.15) is 0 Å². The number of fused-ring (bicyclic) bond motifs is 1. The monoisotopic (exact) mass is 245 g/mol. The van der Waals surface area contributed by atoms with Crippen molar-refractivity contribution in [1.29, 1.82) is 0 Å². The molecule has 0 spiro atoms. The van der Waals surface area contributed by atoms with E-state index < -0.39 is 5.91 Å². The summed E-state index contributed by atoms with van der Waals surface area (Å²) in [7, 11) is 0. The Hall–Kier alpha value is -2.30. The highest BCUT2D eigenvalue weighted by atomic mass is 16.2. The van der Waals surface area contributed by atoms with Crippen molar-refractivity contribution in [2.45, 2.75) is 19.4 Å². The lowest BCUT2D eigenvalue weighted by Gasteiger charge is -2.12. The lowest BCUT2D eigenvalue weighted by atomic mass is 10.1. The van der Waals surface area contributed by atoms with E-state index in [-0.39, 0.29) is 18.4 Å². The number of amides is 2. The molecular weight excluding hydrogens is 230 g/mol. The predicted molar refractivity (Wildman–Crippen MR) is 69.0 cm³/mol. The molecular formula is C13H15N3O2. The summed E-state index contributed by atoms with van der Waals surface area (Å²) in [5, 5.41) is 3.62. The van der Waals surface area contributed by atoms with Crippen LogP contribution in [-0.2, 0) is 4.79 Å². The Labute approximate surface area is 104 Å². The summed E-state index contributed by atoms with van der Waals surface area (Å²) >= 11 is 0. The van der Waals surface area contributed by atoms with Crippen LogP contribution in [0, 0.1) is 0 Å². The van der Waals surface area contributed by atoms with Gasteiger partial charge in [0.25, 0.3) is 5.91 Å². The van der Waals surface area contributed by atoms with Gasteiger partial charge < -0.3 is 16.0 Å². The topological polar surface area (TPSA) is 88.0 Å². The second kappa shape index (κ2) is 4.91. The average Bonchev–Trinajstić information content (AvgIpc) is 2.74. The van der Waals surface area contributed by atoms with Crippen molar-refractivity contribution in [3.05, 3.63) is 36.0 Å². The van der Waals surface area contributed by atoms with E-state index in [0.29, 0.717) is 5.56 Å². The standard InChI is InChI=1S/C13H15N3O2/c1-8(7-12(14)17)16-13(18)10-3-2-4-11-9(10)5-6-15-11/h2-6,8,15H,7H2,1H3,(H2,14,17)(H,16,18). The molecule has 0 radical (unpaired) electrons. The maximum Gasteiger partial charge on any atom is 0.252 e. The van der Waals surface area contributed by atoms with Crippen LogP contribution in [0.4, 0.5) is 0 Å². The Balaban J connectivity index is 2.18. The molecule has 0 aliphatic heterocycles. The van der Waals surface area contributed by atoms with Crippen molar-refractivity contribution in [1.82, 2.24) is 10.3 Å². The first-order valence-corrected chi connectivity index (χ1v) is 5.73. The molecule has 1 heterocycles. The summed E-state index contributed by atoms with van der Waals surface area (Å²) in [5.41, 5.74) is 6.58. The first-order valence-electron chi connectivity index (χ1n) is 5.73. The number of primary amides is 1. The number of carbonyl (C=O) groups is 2. The van der Waals surface area contributed by atoms with Crippen molar-refractivity contribution >= 4 is 22.7 Å². The van der Waals surface area contributed by atoms with Crippen LogP contribution in [0.2, 0.25) is 0 Å². The maximum absolute atomic E-state index is 12.1. The van der Waals surface area contributed by atoms with Crippen molar-refractivity contribution in [3.8, 4) is 0 Å². The average molecular weight is 245 g/mol. The van der Waals surface area contributed by atoms with Crippen LogP contribution in [-0.4, -0.2) is 22.8 Å². The smallest absolute Gasteiger partial charge is 0.252 e. The largest absolute Gasteiger partial charge is 0.370 e. The molecule has 2 amide bonds. The van der Waals surface area contributed by atoms with E-state index >= 15 is 0 Å². The minimum atomic E-state index is -0.428. The molecule has 2 aromatic rings. The summed E-state index contributed by atoms with van der Waals surface area (Å²) in [5.74, 6) is -0.628. The molecule has 5 heteroatoms. The number of nitrogens with one attached hydrogen (secondary N) is 2. The number of aromatic nitrogens is 1. The van der Waals surface area contributed by atoms with Gasteiger partial charge in [-0.1, -0.05) is 6.07 Å². The third kappa shape index (κ3) is 2.51. The molecule has 1 aromatic carbocycles. The number of rotatable bonds is 4. The Morgan fingerprint density at radius 1 is 1.39 bits per heavy atom. The molecule has 94 valence electrons. The van der Waals surface area contributed by atoms with Crippen LogP contribution in [0.1, 0.15) is 23.7 Å². The van der Waals surface area contributed by atoms with Crippen molar-refractivity contribution in [3.63, 3.8) is 0 Å². The van der Waals surface area contributed by atoms with E-state index in [0.717, 1.165) is 10.9 Å². The van der Waals surface area contributed by atoms with E-state index in [2.05, 4.69) is 10.3 Å². The summed E-state index contributed by atoms with van der Waals surface area (Å²) in [6.45, 7) is 1.75. The number of hydrogen-bond donors (Lipinski definition) is 3. The first-order chi connectivity index (χ1) is 8.58. The van der Waals surface area contributed by atoms with Gasteiger partial charge in [-0.05, 0) is 25.1 Å². The van der Waals surface area contributed by atoms with E-state index in [4.69, 9.17) is 5.73 Å². The van der Waals surface area contributed by atoms with Crippen molar-refractivity contribution < 1.29 is 9.59 Å². The Kier molecular flexibility index (Phi) is 3.32. The van der Waals surface area contributed by atoms with Crippen LogP contribution >= 0.6 is 0 Å². The number of hydrogen-bond acceptors (Lipinski definition) is 2. The third-order valence-corrected chi connectivity index (χ3v) is 2.72. The predicted octanol–water partition coefficient (Wildman–Crippen LogP) is 1.16. The molecule has 0 aliphatic carbocycles. The summed E-state index contributed by atoms with van der Waals surface area (Å²) in [6, 6.07) is 7.04. The SMILES string of the molecule is CC(CC(N)=O)NC(=O)c1cccc2[nH]ccc12. The summed E-state index contributed by atoms with van der Waals surface area (Å²) in [6.07, 6.45) is 1.92. The molecule has 0 saturated carbocycles. The molecule has 4 N–H and O–H groups in total. The van der Waals surface area contributed by atoms with Gasteiger partial charge >= 0.3 is 0 Å². The minimum absolute atomic E-state index is 0.134. The van der Waals surface area contributed by atoms with Gasteiger partial charge in [-0.15, -0.1) is 0 Å². The van der Waals surface area contributed by atoms with Gasteiger partial charge in [0, 0.05) is 35.1 Å². The number of carbonyl (C=O) groups excluding carboxylic acids is 2. The van der Waals surface area contributed by atoms with Gasteiger partial charge in [0.05, 0.1) is 0 Å². The van der Waals surface area contributed by atoms with Gasteiger partial charge in [-0.2, -0.15) is 0 Å². The normalized spacial score (nSPS) is 12.3. The van der Waals surface area contributed by atoms with Crippen molar-refractivity contribution in [2.24, 2.45) is 5.73 Å². The van der Waals surface area contributed by atoms with Gasteiger partial charge in [0.2, 0.25) is 5.91 Å². The van der Waals surface area contributed by atoms with E-state index in [9.17, 15) is 9.59 Å². The van der Waals surface area contributed by atoms with Crippen LogP contribution in [0.5, 0.6) is 0 Å². The highest BCUT2D eigenvalue weighted by molar-refractivity contribution is 6.06. The second-order valence-corrected chi connectivity index (χ2v) is 4.29.